The Balaban J connectivity index is 2.60. The highest BCUT2D eigenvalue weighted by Gasteiger charge is 2.36. The first kappa shape index (κ1) is 16.0. The summed E-state index contributed by atoms with van der Waals surface area (Å²) in [5.41, 5.74) is 0.506. The van der Waals surface area contributed by atoms with E-state index in [9.17, 15) is 25.0 Å². The zero-order valence-electron chi connectivity index (χ0n) is 12.0. The smallest absolute Gasteiger partial charge is 0.323 e. The maximum Gasteiger partial charge on any atom is 0.323 e. The summed E-state index contributed by atoms with van der Waals surface area (Å²) in [7, 11) is 0. The van der Waals surface area contributed by atoms with E-state index in [4.69, 9.17) is 5.11 Å². The number of urea groups is 1. The molecule has 1 heterocycles. The first-order valence-electron chi connectivity index (χ1n) is 6.49. The minimum atomic E-state index is -1.26. The monoisotopic (exact) mass is 316 g/mol. The molecular weight excluding hydrogens is 304 g/mol. The summed E-state index contributed by atoms with van der Waals surface area (Å²) in [6.07, 6.45) is 0. The van der Waals surface area contributed by atoms with Gasteiger partial charge in [-0.2, -0.15) is 5.26 Å². The number of nitro groups is 1. The van der Waals surface area contributed by atoms with E-state index in [1.54, 1.807) is 0 Å². The molecule has 2 amide bonds. The molecule has 0 fully saturated rings. The third kappa shape index (κ3) is 3.11. The van der Waals surface area contributed by atoms with Crippen molar-refractivity contribution < 1.29 is 19.6 Å². The van der Waals surface area contributed by atoms with Crippen molar-refractivity contribution in [3.8, 4) is 6.07 Å². The second-order valence-electron chi connectivity index (χ2n) is 4.86. The van der Waals surface area contributed by atoms with E-state index >= 15 is 0 Å². The molecule has 0 aliphatic carbocycles. The summed E-state index contributed by atoms with van der Waals surface area (Å²) in [6.45, 7) is 0.872. The Bertz CT molecular complexity index is 765. The molecule has 2 N–H and O–H groups in total. The van der Waals surface area contributed by atoms with Gasteiger partial charge >= 0.3 is 12.0 Å². The van der Waals surface area contributed by atoms with Crippen molar-refractivity contribution in [3.63, 3.8) is 0 Å². The van der Waals surface area contributed by atoms with Crippen LogP contribution in [0.25, 0.3) is 0 Å². The summed E-state index contributed by atoms with van der Waals surface area (Å²) in [6, 6.07) is 5.69. The van der Waals surface area contributed by atoms with Gasteiger partial charge in [0.2, 0.25) is 0 Å². The summed E-state index contributed by atoms with van der Waals surface area (Å²) >= 11 is 0. The van der Waals surface area contributed by atoms with Crippen molar-refractivity contribution in [1.29, 1.82) is 5.26 Å². The number of aliphatic carboxylic acids is 1. The molecule has 1 aliphatic rings. The Morgan fingerprint density at radius 3 is 2.83 bits per heavy atom. The average Bonchev–Trinajstić information content (AvgIpc) is 2.49. The molecule has 9 nitrogen and oxygen atoms in total. The highest BCUT2D eigenvalue weighted by atomic mass is 16.6. The zero-order chi connectivity index (χ0) is 17.1. The van der Waals surface area contributed by atoms with Gasteiger partial charge in [-0.3, -0.25) is 14.9 Å². The molecule has 0 radical (unpaired) electrons. The van der Waals surface area contributed by atoms with E-state index in [0.717, 1.165) is 4.90 Å². The van der Waals surface area contributed by atoms with Gasteiger partial charge in [0.25, 0.3) is 5.69 Å². The van der Waals surface area contributed by atoms with Crippen LogP contribution >= 0.6 is 0 Å². The van der Waals surface area contributed by atoms with Crippen molar-refractivity contribution in [2.24, 2.45) is 0 Å². The molecular formula is C14H12N4O5. The molecule has 1 aromatic rings. The number of carbonyl (C=O) groups is 2. The van der Waals surface area contributed by atoms with Gasteiger partial charge in [0.1, 0.15) is 6.54 Å². The molecule has 1 aliphatic heterocycles. The van der Waals surface area contributed by atoms with Crippen molar-refractivity contribution in [3.05, 3.63) is 51.2 Å². The van der Waals surface area contributed by atoms with Crippen LogP contribution in [0.3, 0.4) is 0 Å². The van der Waals surface area contributed by atoms with Crippen LogP contribution in [-0.4, -0.2) is 33.5 Å². The van der Waals surface area contributed by atoms with Crippen molar-refractivity contribution in [2.75, 3.05) is 6.54 Å². The van der Waals surface area contributed by atoms with Gasteiger partial charge in [0.15, 0.2) is 0 Å². The molecule has 0 bridgehead atoms. The number of hydrogen-bond donors (Lipinski definition) is 2. The molecule has 23 heavy (non-hydrogen) atoms. The number of benzene rings is 1. The lowest BCUT2D eigenvalue weighted by atomic mass is 9.94. The number of hydrogen-bond acceptors (Lipinski definition) is 5. The molecule has 1 atom stereocenters. The Morgan fingerprint density at radius 2 is 2.26 bits per heavy atom. The molecule has 118 valence electrons. The summed E-state index contributed by atoms with van der Waals surface area (Å²) in [5, 5.41) is 31.7. The molecule has 0 saturated heterocycles. The number of rotatable bonds is 4. The van der Waals surface area contributed by atoms with Crippen LogP contribution in [0.1, 0.15) is 18.5 Å². The van der Waals surface area contributed by atoms with Crippen LogP contribution in [0.2, 0.25) is 0 Å². The lowest BCUT2D eigenvalue weighted by Crippen LogP contribution is -2.48. The number of carboxylic acid groups (broad SMARTS) is 1. The van der Waals surface area contributed by atoms with Crippen LogP contribution in [0.15, 0.2) is 35.5 Å². The van der Waals surface area contributed by atoms with Gasteiger partial charge in [-0.1, -0.05) is 12.1 Å². The van der Waals surface area contributed by atoms with Gasteiger partial charge < -0.3 is 15.3 Å². The SMILES string of the molecule is CC1=C(C#N)C(c2cccc([N+](=O)[O-])c2)N(CC(=O)O)C(=O)N1. The highest BCUT2D eigenvalue weighted by molar-refractivity contribution is 5.84. The number of amides is 2. The van der Waals surface area contributed by atoms with E-state index in [-0.39, 0.29) is 17.0 Å². The fourth-order valence-corrected chi connectivity index (χ4v) is 2.39. The van der Waals surface area contributed by atoms with E-state index in [1.807, 2.05) is 6.07 Å². The van der Waals surface area contributed by atoms with Crippen molar-refractivity contribution >= 4 is 17.7 Å². The van der Waals surface area contributed by atoms with Gasteiger partial charge in [0.05, 0.1) is 22.6 Å². The molecule has 2 rings (SSSR count). The third-order valence-corrected chi connectivity index (χ3v) is 3.37. The summed E-state index contributed by atoms with van der Waals surface area (Å²) in [4.78, 5) is 34.4. The Hall–Kier alpha value is -3.41. The second-order valence-corrected chi connectivity index (χ2v) is 4.86. The van der Waals surface area contributed by atoms with E-state index in [2.05, 4.69) is 5.32 Å². The number of nitrogens with one attached hydrogen (secondary N) is 1. The highest BCUT2D eigenvalue weighted by Crippen LogP contribution is 2.34. The van der Waals surface area contributed by atoms with E-state index in [0.29, 0.717) is 5.56 Å². The summed E-state index contributed by atoms with van der Waals surface area (Å²) in [5.74, 6) is -1.26. The molecule has 1 unspecified atom stereocenters. The predicted octanol–water partition coefficient (Wildman–Crippen LogP) is 1.54. The topological polar surface area (TPSA) is 137 Å². The molecule has 1 aromatic carbocycles. The van der Waals surface area contributed by atoms with Crippen molar-refractivity contribution in [2.45, 2.75) is 13.0 Å². The molecule has 0 spiro atoms. The van der Waals surface area contributed by atoms with Gasteiger partial charge in [-0.05, 0) is 12.5 Å². The maximum absolute atomic E-state index is 12.1. The molecule has 0 aromatic heterocycles. The van der Waals surface area contributed by atoms with Crippen LogP contribution in [-0.2, 0) is 4.79 Å². The zero-order valence-corrected chi connectivity index (χ0v) is 12.0. The largest absolute Gasteiger partial charge is 0.480 e. The lowest BCUT2D eigenvalue weighted by molar-refractivity contribution is -0.384. The Kier molecular flexibility index (Phi) is 4.27. The number of nitrogens with zero attached hydrogens (tertiary/aromatic N) is 3. The minimum absolute atomic E-state index is 0.131. The van der Waals surface area contributed by atoms with Crippen LogP contribution < -0.4 is 5.32 Å². The standard InChI is InChI=1S/C14H12N4O5/c1-8-11(6-15)13(17(7-12(19)20)14(21)16-8)9-3-2-4-10(5-9)18(22)23/h2-5,13H,7H2,1H3,(H,16,21)(H,19,20). The molecule has 0 saturated carbocycles. The van der Waals surface area contributed by atoms with Gasteiger partial charge in [-0.15, -0.1) is 0 Å². The minimum Gasteiger partial charge on any atom is -0.480 e. The van der Waals surface area contributed by atoms with Gasteiger partial charge in [-0.25, -0.2) is 4.79 Å². The number of carboxylic acids is 1. The fourth-order valence-electron chi connectivity index (χ4n) is 2.39. The number of allylic oxidation sites excluding steroid dienone is 1. The third-order valence-electron chi connectivity index (χ3n) is 3.37. The Morgan fingerprint density at radius 1 is 1.57 bits per heavy atom. The fraction of sp³-hybridized carbons (Fsp3) is 0.214. The number of carbonyl (C=O) groups excluding carboxylic acids is 1. The number of non-ortho nitro benzene ring substituents is 1. The first-order chi connectivity index (χ1) is 10.8. The normalized spacial score (nSPS) is 17.5. The molecule has 9 heteroatoms. The van der Waals surface area contributed by atoms with Crippen LogP contribution in [0.5, 0.6) is 0 Å². The van der Waals surface area contributed by atoms with Crippen LogP contribution in [0, 0.1) is 21.4 Å². The maximum atomic E-state index is 12.1. The van der Waals surface area contributed by atoms with Crippen LogP contribution in [0.4, 0.5) is 10.5 Å². The lowest BCUT2D eigenvalue weighted by Gasteiger charge is -2.35. The number of nitro benzene ring substituents is 1. The average molecular weight is 316 g/mol. The van der Waals surface area contributed by atoms with E-state index < -0.39 is 29.5 Å². The number of nitriles is 1. The van der Waals surface area contributed by atoms with Gasteiger partial charge in [0, 0.05) is 17.8 Å². The van der Waals surface area contributed by atoms with E-state index in [1.165, 1.54) is 31.2 Å². The quantitative estimate of drug-likeness (QED) is 0.638. The second kappa shape index (κ2) is 6.15. The first-order valence-corrected chi connectivity index (χ1v) is 6.49. The van der Waals surface area contributed by atoms with Crippen molar-refractivity contribution in [1.82, 2.24) is 10.2 Å². The predicted molar refractivity (Wildman–Crippen MR) is 77.0 cm³/mol. The summed E-state index contributed by atoms with van der Waals surface area (Å²) < 4.78 is 0. The Labute approximate surface area is 130 Å².